The number of aromatic nitrogens is 2. The molecule has 0 spiro atoms. The van der Waals surface area contributed by atoms with Gasteiger partial charge in [-0.25, -0.2) is 8.42 Å². The maximum atomic E-state index is 12.1. The van der Waals surface area contributed by atoms with Crippen molar-refractivity contribution in [3.8, 4) is 22.4 Å². The van der Waals surface area contributed by atoms with Crippen LogP contribution in [0.15, 0.2) is 90.2 Å². The summed E-state index contributed by atoms with van der Waals surface area (Å²) in [6, 6.07) is 19.8. The van der Waals surface area contributed by atoms with Gasteiger partial charge in [-0.1, -0.05) is 42.0 Å². The lowest BCUT2D eigenvalue weighted by Gasteiger charge is -2.26. The van der Waals surface area contributed by atoms with Gasteiger partial charge in [0.25, 0.3) is 0 Å². The molecule has 2 N–H and O–H groups in total. The topological polar surface area (TPSA) is 86.3 Å². The molecule has 5 rings (SSSR count). The number of hydrogen-bond acceptors (Lipinski definition) is 5. The highest BCUT2D eigenvalue weighted by molar-refractivity contribution is 7.91. The molecular weight excluding hydrogens is 494 g/mol. The number of hydrogen-bond donors (Lipinski definition) is 2. The van der Waals surface area contributed by atoms with Crippen molar-refractivity contribution in [1.82, 2.24) is 14.9 Å². The maximum Gasteiger partial charge on any atom is 0.180 e. The third-order valence-electron chi connectivity index (χ3n) is 7.15. The highest BCUT2D eigenvalue weighted by atomic mass is 32.2. The zero-order chi connectivity index (χ0) is 26.5. The maximum absolute atomic E-state index is 12.1. The van der Waals surface area contributed by atoms with Crippen molar-refractivity contribution in [2.75, 3.05) is 32.0 Å². The number of sulfone groups is 1. The fourth-order valence-corrected chi connectivity index (χ4v) is 6.10. The van der Waals surface area contributed by atoms with Gasteiger partial charge in [-0.05, 0) is 72.4 Å². The molecule has 1 aliphatic rings. The number of aliphatic hydroxyl groups excluding tert-OH is 1. The third kappa shape index (κ3) is 5.80. The summed E-state index contributed by atoms with van der Waals surface area (Å²) in [6.07, 6.45) is 9.98. The summed E-state index contributed by atoms with van der Waals surface area (Å²) in [6.45, 7) is 4.50. The van der Waals surface area contributed by atoms with Gasteiger partial charge >= 0.3 is 0 Å². The second-order valence-corrected chi connectivity index (χ2v) is 11.9. The number of benzene rings is 2. The lowest BCUT2D eigenvalue weighted by molar-refractivity contribution is 0.306. The average Bonchev–Trinajstić information content (AvgIpc) is 3.38. The van der Waals surface area contributed by atoms with Gasteiger partial charge in [0, 0.05) is 49.4 Å². The fraction of sp³-hybridized carbons (Fsp3) is 0.258. The first-order chi connectivity index (χ1) is 18.4. The summed E-state index contributed by atoms with van der Waals surface area (Å²) < 4.78 is 24.3. The number of H-pyrrole nitrogens is 1. The minimum atomic E-state index is -3.41. The molecule has 0 saturated carbocycles. The highest BCUT2D eigenvalue weighted by Gasteiger charge is 2.21. The minimum Gasteiger partial charge on any atom is -0.395 e. The van der Waals surface area contributed by atoms with Crippen molar-refractivity contribution in [1.29, 1.82) is 0 Å². The zero-order valence-electron chi connectivity index (χ0n) is 21.6. The number of rotatable bonds is 9. The van der Waals surface area contributed by atoms with E-state index in [4.69, 9.17) is 5.11 Å². The van der Waals surface area contributed by atoms with E-state index in [1.807, 2.05) is 24.5 Å². The van der Waals surface area contributed by atoms with Gasteiger partial charge in [-0.15, -0.1) is 0 Å². The fourth-order valence-electron chi connectivity index (χ4n) is 5.07. The van der Waals surface area contributed by atoms with Crippen LogP contribution in [0, 0.1) is 6.92 Å². The molecule has 0 bridgehead atoms. The number of aliphatic hydroxyl groups is 1. The van der Waals surface area contributed by atoms with Crippen molar-refractivity contribution >= 4 is 15.4 Å². The van der Waals surface area contributed by atoms with E-state index in [0.29, 0.717) is 0 Å². The quantitative estimate of drug-likeness (QED) is 0.314. The molecule has 3 heterocycles. The van der Waals surface area contributed by atoms with E-state index in [0.717, 1.165) is 49.3 Å². The molecule has 2 aromatic heterocycles. The van der Waals surface area contributed by atoms with E-state index in [1.54, 1.807) is 12.1 Å². The molecule has 2 aromatic carbocycles. The Hall–Kier alpha value is -3.52. The molecule has 4 aromatic rings. The second-order valence-electron chi connectivity index (χ2n) is 9.77. The van der Waals surface area contributed by atoms with Crippen LogP contribution in [0.5, 0.6) is 0 Å². The molecule has 0 aliphatic carbocycles. The average molecular weight is 528 g/mol. The Morgan fingerprint density at radius 2 is 1.82 bits per heavy atom. The number of nitrogens with zero attached hydrogens (tertiary/aromatic N) is 2. The van der Waals surface area contributed by atoms with Crippen molar-refractivity contribution < 1.29 is 13.5 Å². The molecule has 6 nitrogen and oxygen atoms in total. The molecule has 38 heavy (non-hydrogen) atoms. The van der Waals surface area contributed by atoms with Crippen LogP contribution in [0.1, 0.15) is 23.1 Å². The van der Waals surface area contributed by atoms with Gasteiger partial charge in [-0.2, -0.15) is 0 Å². The normalized spacial score (nSPS) is 14.4. The molecular formula is C31H33N3O3S. The molecule has 0 atom stereocenters. The van der Waals surface area contributed by atoms with E-state index in [9.17, 15) is 8.42 Å². The SMILES string of the molecule is Cc1cccc(-c2[nH]cc(C3=CCN(CCc4ccc(S(=O)(=O)CCO)cc4)CC3)c2-c2ccncc2)c1. The van der Waals surface area contributed by atoms with Gasteiger partial charge in [-0.3, -0.25) is 9.88 Å². The summed E-state index contributed by atoms with van der Waals surface area (Å²) in [7, 11) is -3.41. The van der Waals surface area contributed by atoms with E-state index in [-0.39, 0.29) is 17.3 Å². The Morgan fingerprint density at radius 3 is 2.50 bits per heavy atom. The van der Waals surface area contributed by atoms with Crippen LogP contribution in [0.4, 0.5) is 0 Å². The van der Waals surface area contributed by atoms with Gasteiger partial charge in [0.2, 0.25) is 0 Å². The lowest BCUT2D eigenvalue weighted by atomic mass is 9.92. The summed E-state index contributed by atoms with van der Waals surface area (Å²) >= 11 is 0. The van der Waals surface area contributed by atoms with E-state index in [1.165, 1.54) is 27.8 Å². The number of aryl methyl sites for hydroxylation is 1. The van der Waals surface area contributed by atoms with Gasteiger partial charge in [0.1, 0.15) is 0 Å². The Morgan fingerprint density at radius 1 is 1.03 bits per heavy atom. The largest absolute Gasteiger partial charge is 0.395 e. The summed E-state index contributed by atoms with van der Waals surface area (Å²) in [5.74, 6) is -0.245. The standard InChI is InChI=1S/C31H33N3O3S/c1-23-3-2-4-27(21-23)31-30(26-9-14-32-15-10-26)29(22-33-31)25-12-17-34(18-13-25)16-11-24-5-7-28(8-6-24)38(36,37)20-19-35/h2-10,12,14-15,21-22,33,35H,11,13,16-20H2,1H3. The molecule has 7 heteroatoms. The lowest BCUT2D eigenvalue weighted by Crippen LogP contribution is -2.30. The Labute approximate surface area is 224 Å². The third-order valence-corrected chi connectivity index (χ3v) is 8.86. The van der Waals surface area contributed by atoms with Crippen molar-refractivity contribution in [3.63, 3.8) is 0 Å². The van der Waals surface area contributed by atoms with Crippen LogP contribution in [0.2, 0.25) is 0 Å². The monoisotopic (exact) mass is 527 g/mol. The molecule has 1 aliphatic heterocycles. The number of nitrogens with one attached hydrogen (secondary N) is 1. The summed E-state index contributed by atoms with van der Waals surface area (Å²) in [5.41, 5.74) is 9.60. The summed E-state index contributed by atoms with van der Waals surface area (Å²) in [4.78, 5) is 10.5. The molecule has 0 radical (unpaired) electrons. The predicted molar refractivity (Wildman–Crippen MR) is 153 cm³/mol. The molecule has 0 saturated heterocycles. The highest BCUT2D eigenvalue weighted by Crippen LogP contribution is 2.39. The zero-order valence-corrected chi connectivity index (χ0v) is 22.4. The van der Waals surface area contributed by atoms with Gasteiger partial charge in [0.05, 0.1) is 22.9 Å². The van der Waals surface area contributed by atoms with E-state index < -0.39 is 9.84 Å². The minimum absolute atomic E-state index is 0.245. The van der Waals surface area contributed by atoms with Crippen molar-refractivity contribution in [3.05, 3.63) is 102 Å². The Bertz CT molecular complexity index is 1520. The van der Waals surface area contributed by atoms with E-state index in [2.05, 4.69) is 70.5 Å². The first-order valence-electron chi connectivity index (χ1n) is 13.0. The van der Waals surface area contributed by atoms with Crippen LogP contribution in [0.3, 0.4) is 0 Å². The van der Waals surface area contributed by atoms with Crippen LogP contribution in [-0.4, -0.2) is 60.4 Å². The van der Waals surface area contributed by atoms with E-state index >= 15 is 0 Å². The number of aromatic amines is 1. The first kappa shape index (κ1) is 26.1. The number of pyridine rings is 1. The molecule has 0 fully saturated rings. The van der Waals surface area contributed by atoms with Crippen molar-refractivity contribution in [2.45, 2.75) is 24.7 Å². The Kier molecular flexibility index (Phi) is 7.88. The smallest absolute Gasteiger partial charge is 0.180 e. The van der Waals surface area contributed by atoms with Gasteiger partial charge < -0.3 is 10.1 Å². The molecule has 196 valence electrons. The second kappa shape index (κ2) is 11.5. The Balaban J connectivity index is 1.31. The molecule has 0 unspecified atom stereocenters. The van der Waals surface area contributed by atoms with Crippen LogP contribution >= 0.6 is 0 Å². The van der Waals surface area contributed by atoms with Crippen LogP contribution in [-0.2, 0) is 16.3 Å². The van der Waals surface area contributed by atoms with Crippen molar-refractivity contribution in [2.24, 2.45) is 0 Å². The summed E-state index contributed by atoms with van der Waals surface area (Å²) in [5, 5.41) is 8.98. The van der Waals surface area contributed by atoms with Crippen LogP contribution in [0.25, 0.3) is 28.0 Å². The molecule has 0 amide bonds. The van der Waals surface area contributed by atoms with Gasteiger partial charge in [0.15, 0.2) is 9.84 Å². The predicted octanol–water partition coefficient (Wildman–Crippen LogP) is 5.15. The first-order valence-corrected chi connectivity index (χ1v) is 14.6. The van der Waals surface area contributed by atoms with Crippen LogP contribution < -0.4 is 0 Å².